The van der Waals surface area contributed by atoms with Crippen molar-refractivity contribution >= 4 is 40.0 Å². The molecule has 0 aliphatic carbocycles. The molecule has 0 saturated heterocycles. The largest absolute Gasteiger partial charge is 0.325 e. The molecule has 0 aliphatic rings. The van der Waals surface area contributed by atoms with E-state index in [4.69, 9.17) is 0 Å². The zero-order chi connectivity index (χ0) is 22.7. The quantitative estimate of drug-likeness (QED) is 0.318. The number of amides is 1. The van der Waals surface area contributed by atoms with Crippen molar-refractivity contribution in [3.63, 3.8) is 0 Å². The highest BCUT2D eigenvalue weighted by Gasteiger charge is 2.17. The number of allylic oxidation sites excluding steroid dienone is 1. The third-order valence-electron chi connectivity index (χ3n) is 5.50. The topological polar surface area (TPSA) is 81.3 Å². The number of hydrogen-bond acceptors (Lipinski definition) is 5. The molecule has 2 heterocycles. The number of hydrogen-bond donors (Lipinski definition) is 1. The van der Waals surface area contributed by atoms with E-state index in [0.717, 1.165) is 12.1 Å². The monoisotopic (exact) mass is 447 g/mol. The van der Waals surface area contributed by atoms with Gasteiger partial charge < -0.3 is 5.32 Å². The van der Waals surface area contributed by atoms with Crippen LogP contribution in [0.2, 0.25) is 0 Å². The fraction of sp³-hybridized carbons (Fsp3) is 0.250. The van der Waals surface area contributed by atoms with Crippen LogP contribution in [-0.4, -0.2) is 30.8 Å². The molecule has 0 spiro atoms. The van der Waals surface area contributed by atoms with Crippen LogP contribution in [0.5, 0.6) is 0 Å². The number of benzene rings is 2. The van der Waals surface area contributed by atoms with Crippen LogP contribution in [-0.2, 0) is 11.3 Å². The summed E-state index contributed by atoms with van der Waals surface area (Å²) < 4.78 is 3.35. The van der Waals surface area contributed by atoms with Crippen LogP contribution in [0.1, 0.15) is 31.7 Å². The highest BCUT2D eigenvalue weighted by Crippen LogP contribution is 2.23. The molecule has 2 aromatic heterocycles. The molecule has 0 radical (unpaired) electrons. The first kappa shape index (κ1) is 21.8. The van der Waals surface area contributed by atoms with Gasteiger partial charge in [0.05, 0.1) is 16.7 Å². The zero-order valence-corrected chi connectivity index (χ0v) is 18.9. The third kappa shape index (κ3) is 4.18. The lowest BCUT2D eigenvalue weighted by atomic mass is 9.99. The first-order chi connectivity index (χ1) is 15.5. The normalized spacial score (nSPS) is 12.2. The van der Waals surface area contributed by atoms with Gasteiger partial charge in [-0.1, -0.05) is 56.0 Å². The van der Waals surface area contributed by atoms with Crippen molar-refractivity contribution in [2.45, 2.75) is 37.9 Å². The molecule has 1 atom stereocenters. The minimum atomic E-state index is -0.143. The number of thioether (sulfide) groups is 1. The van der Waals surface area contributed by atoms with Gasteiger partial charge in [-0.2, -0.15) is 0 Å². The number of carbonyl (C=O) groups excluding carboxylic acids is 1. The van der Waals surface area contributed by atoms with Gasteiger partial charge in [-0.05, 0) is 42.2 Å². The van der Waals surface area contributed by atoms with Gasteiger partial charge in [0.2, 0.25) is 11.7 Å². The molecule has 0 bridgehead atoms. The third-order valence-corrected chi connectivity index (χ3v) is 6.43. The Hall–Kier alpha value is -3.39. The molecule has 0 unspecified atom stereocenters. The van der Waals surface area contributed by atoms with E-state index in [-0.39, 0.29) is 17.2 Å². The van der Waals surface area contributed by atoms with E-state index in [9.17, 15) is 9.59 Å². The fourth-order valence-corrected chi connectivity index (χ4v) is 4.32. The lowest BCUT2D eigenvalue weighted by molar-refractivity contribution is -0.113. The number of rotatable bonds is 8. The molecule has 0 fully saturated rings. The molecule has 2 aromatic carbocycles. The van der Waals surface area contributed by atoms with Crippen LogP contribution < -0.4 is 10.9 Å². The second kappa shape index (κ2) is 9.40. The van der Waals surface area contributed by atoms with Gasteiger partial charge in [-0.15, -0.1) is 16.8 Å². The lowest BCUT2D eigenvalue weighted by Gasteiger charge is -2.11. The van der Waals surface area contributed by atoms with E-state index in [1.54, 1.807) is 12.1 Å². The maximum Gasteiger partial charge on any atom is 0.263 e. The van der Waals surface area contributed by atoms with Crippen molar-refractivity contribution in [2.24, 2.45) is 0 Å². The molecule has 0 aliphatic heterocycles. The first-order valence-corrected chi connectivity index (χ1v) is 11.5. The Balaban J connectivity index is 1.57. The molecular weight excluding hydrogens is 422 g/mol. The zero-order valence-electron chi connectivity index (χ0n) is 18.1. The summed E-state index contributed by atoms with van der Waals surface area (Å²) in [5.74, 6) is 0.955. The maximum absolute atomic E-state index is 12.9. The van der Waals surface area contributed by atoms with Gasteiger partial charge >= 0.3 is 0 Å². The van der Waals surface area contributed by atoms with Crippen LogP contribution in [0.3, 0.4) is 0 Å². The molecule has 1 amide bonds. The second-order valence-corrected chi connectivity index (χ2v) is 8.55. The summed E-state index contributed by atoms with van der Waals surface area (Å²) in [5.41, 5.74) is 2.59. The van der Waals surface area contributed by atoms with Crippen molar-refractivity contribution in [3.8, 4) is 0 Å². The van der Waals surface area contributed by atoms with Crippen LogP contribution in [0, 0.1) is 0 Å². The molecule has 7 nitrogen and oxygen atoms in total. The number of para-hydroxylation sites is 1. The number of nitrogens with one attached hydrogen (secondary N) is 1. The van der Waals surface area contributed by atoms with Crippen molar-refractivity contribution in [1.82, 2.24) is 19.2 Å². The molecule has 4 aromatic rings. The molecule has 164 valence electrons. The predicted octanol–water partition coefficient (Wildman–Crippen LogP) is 4.47. The Morgan fingerprint density at radius 3 is 2.66 bits per heavy atom. The number of aromatic nitrogens is 4. The Morgan fingerprint density at radius 1 is 1.19 bits per heavy atom. The number of nitrogens with zero attached hydrogens (tertiary/aromatic N) is 4. The highest BCUT2D eigenvalue weighted by atomic mass is 32.2. The Kier molecular flexibility index (Phi) is 6.41. The predicted molar refractivity (Wildman–Crippen MR) is 129 cm³/mol. The maximum atomic E-state index is 12.9. The summed E-state index contributed by atoms with van der Waals surface area (Å²) >= 11 is 1.28. The SMILES string of the molecule is C=CCn1c(=O)c2ccccc2n2c(SCC(=O)Nc3ccc([C@@H](C)CC)cc3)nnc12. The first-order valence-electron chi connectivity index (χ1n) is 10.5. The van der Waals surface area contributed by atoms with E-state index in [1.165, 1.54) is 21.9 Å². The van der Waals surface area contributed by atoms with Gasteiger partial charge in [0.15, 0.2) is 5.16 Å². The van der Waals surface area contributed by atoms with Crippen LogP contribution in [0.25, 0.3) is 16.7 Å². The van der Waals surface area contributed by atoms with E-state index in [1.807, 2.05) is 46.9 Å². The standard InChI is InChI=1S/C24H25N5O2S/c1-4-14-28-22(31)19-8-6-7-9-20(19)29-23(28)26-27-24(29)32-15-21(30)25-18-12-10-17(11-13-18)16(3)5-2/h4,6-13,16H,1,5,14-15H2,2-3H3,(H,25,30)/t16-/m0/s1. The summed E-state index contributed by atoms with van der Waals surface area (Å²) in [6.45, 7) is 8.40. The highest BCUT2D eigenvalue weighted by molar-refractivity contribution is 7.99. The van der Waals surface area contributed by atoms with Gasteiger partial charge in [0.25, 0.3) is 5.56 Å². The fourth-order valence-electron chi connectivity index (χ4n) is 3.58. The van der Waals surface area contributed by atoms with E-state index in [0.29, 0.717) is 34.3 Å². The summed E-state index contributed by atoms with van der Waals surface area (Å²) in [6.07, 6.45) is 2.72. The average molecular weight is 448 g/mol. The molecule has 32 heavy (non-hydrogen) atoms. The minimum Gasteiger partial charge on any atom is -0.325 e. The summed E-state index contributed by atoms with van der Waals surface area (Å²) in [6, 6.07) is 15.3. The van der Waals surface area contributed by atoms with Crippen LogP contribution in [0.4, 0.5) is 5.69 Å². The Bertz CT molecular complexity index is 1340. The van der Waals surface area contributed by atoms with Crippen molar-refractivity contribution < 1.29 is 4.79 Å². The van der Waals surface area contributed by atoms with Crippen molar-refractivity contribution in [2.75, 3.05) is 11.1 Å². The number of fused-ring (bicyclic) bond motifs is 3. The smallest absolute Gasteiger partial charge is 0.263 e. The molecule has 0 saturated carbocycles. The molecule has 1 N–H and O–H groups in total. The number of anilines is 1. The summed E-state index contributed by atoms with van der Waals surface area (Å²) in [4.78, 5) is 25.4. The van der Waals surface area contributed by atoms with E-state index >= 15 is 0 Å². The van der Waals surface area contributed by atoms with Crippen molar-refractivity contribution in [1.29, 1.82) is 0 Å². The van der Waals surface area contributed by atoms with E-state index < -0.39 is 0 Å². The number of carbonyl (C=O) groups is 1. The van der Waals surface area contributed by atoms with Gasteiger partial charge in [0.1, 0.15) is 0 Å². The van der Waals surface area contributed by atoms with Crippen LogP contribution in [0.15, 0.2) is 71.1 Å². The van der Waals surface area contributed by atoms with Crippen molar-refractivity contribution in [3.05, 3.63) is 77.1 Å². The van der Waals surface area contributed by atoms with Gasteiger partial charge in [0, 0.05) is 12.2 Å². The van der Waals surface area contributed by atoms with Gasteiger partial charge in [-0.3, -0.25) is 18.6 Å². The minimum absolute atomic E-state index is 0.133. The van der Waals surface area contributed by atoms with Gasteiger partial charge in [-0.25, -0.2) is 0 Å². The second-order valence-electron chi connectivity index (χ2n) is 7.61. The molecule has 8 heteroatoms. The summed E-state index contributed by atoms with van der Waals surface area (Å²) in [7, 11) is 0. The van der Waals surface area contributed by atoms with E-state index in [2.05, 4.69) is 35.9 Å². The summed E-state index contributed by atoms with van der Waals surface area (Å²) in [5, 5.41) is 12.5. The van der Waals surface area contributed by atoms with Crippen LogP contribution >= 0.6 is 11.8 Å². The molecule has 4 rings (SSSR count). The lowest BCUT2D eigenvalue weighted by Crippen LogP contribution is -2.22. The Morgan fingerprint density at radius 2 is 1.94 bits per heavy atom. The average Bonchev–Trinajstić information content (AvgIpc) is 3.24. The Labute approximate surface area is 190 Å². The molecular formula is C24H25N5O2S.